The molecule has 2 aliphatic rings. The van der Waals surface area contributed by atoms with Crippen LogP contribution in [0.4, 0.5) is 5.69 Å². The van der Waals surface area contributed by atoms with Gasteiger partial charge in [-0.25, -0.2) is 9.48 Å². The fourth-order valence-electron chi connectivity index (χ4n) is 5.54. The Morgan fingerprint density at radius 2 is 1.66 bits per heavy atom. The molecular weight excluding hydrogens is 480 g/mol. The number of hydrogen-bond acceptors (Lipinski definition) is 7. The van der Waals surface area contributed by atoms with E-state index in [4.69, 9.17) is 14.2 Å². The van der Waals surface area contributed by atoms with Crippen LogP contribution in [-0.2, 0) is 11.3 Å². The highest BCUT2D eigenvalue weighted by Gasteiger charge is 2.29. The van der Waals surface area contributed by atoms with E-state index >= 15 is 0 Å². The van der Waals surface area contributed by atoms with Crippen LogP contribution < -0.4 is 14.4 Å². The molecule has 1 saturated carbocycles. The van der Waals surface area contributed by atoms with Gasteiger partial charge in [0.2, 0.25) is 11.6 Å². The van der Waals surface area contributed by atoms with Gasteiger partial charge < -0.3 is 19.1 Å². The van der Waals surface area contributed by atoms with Crippen molar-refractivity contribution >= 4 is 11.7 Å². The number of methoxy groups -OCH3 is 1. The van der Waals surface area contributed by atoms with Crippen LogP contribution in [0, 0.1) is 0 Å². The Labute approximate surface area is 224 Å². The molecule has 0 N–H and O–H groups in total. The van der Waals surface area contributed by atoms with Crippen molar-refractivity contribution in [3.8, 4) is 11.6 Å². The van der Waals surface area contributed by atoms with E-state index in [-0.39, 0.29) is 18.4 Å². The third kappa shape index (κ3) is 6.11. The largest absolute Gasteiger partial charge is 0.497 e. The molecule has 1 aromatic heterocycles. The highest BCUT2D eigenvalue weighted by molar-refractivity contribution is 5.89. The van der Waals surface area contributed by atoms with E-state index in [1.54, 1.807) is 18.7 Å². The third-order valence-electron chi connectivity index (χ3n) is 7.69. The van der Waals surface area contributed by atoms with Crippen molar-refractivity contribution in [2.75, 3.05) is 31.7 Å². The molecule has 0 amide bonds. The lowest BCUT2D eigenvalue weighted by atomic mass is 9.82. The number of rotatable bonds is 9. The summed E-state index contributed by atoms with van der Waals surface area (Å²) >= 11 is 0. The smallest absolute Gasteiger partial charge is 0.364 e. The zero-order chi connectivity index (χ0) is 26.3. The first-order valence-corrected chi connectivity index (χ1v) is 13.9. The molecule has 8 nitrogen and oxygen atoms in total. The minimum absolute atomic E-state index is 0.000155. The number of piperidine rings is 1. The summed E-state index contributed by atoms with van der Waals surface area (Å²) in [6.07, 6.45) is 7.84. The fourth-order valence-corrected chi connectivity index (χ4v) is 5.54. The van der Waals surface area contributed by atoms with E-state index in [2.05, 4.69) is 39.5 Å². The molecule has 8 heteroatoms. The van der Waals surface area contributed by atoms with Gasteiger partial charge in [-0.2, -0.15) is 0 Å². The molecule has 1 aliphatic heterocycles. The van der Waals surface area contributed by atoms with Gasteiger partial charge in [-0.1, -0.05) is 29.5 Å². The molecule has 1 aliphatic carbocycles. The zero-order valence-electron chi connectivity index (χ0n) is 22.5. The number of esters is 1. The van der Waals surface area contributed by atoms with Crippen molar-refractivity contribution in [3.05, 3.63) is 65.4 Å². The molecule has 0 bridgehead atoms. The van der Waals surface area contributed by atoms with E-state index in [0.717, 1.165) is 37.0 Å². The van der Waals surface area contributed by atoms with Gasteiger partial charge in [0.25, 0.3) is 0 Å². The van der Waals surface area contributed by atoms with Crippen LogP contribution in [0.5, 0.6) is 11.6 Å². The standard InChI is InChI=1S/C30H38N4O4/c1-3-37-30(35)28-29(34(32-31-28)21-22-7-15-26(36-2)16-8-22)38-27-17-11-24(12-18-27)23-9-13-25(14-10-23)33-19-5-4-6-20-33/h7-10,13-16,24,27H,3-6,11-12,17-21H2,1-2H3/t24-,27-. The Morgan fingerprint density at radius 1 is 0.947 bits per heavy atom. The SMILES string of the molecule is CCOC(=O)c1nnn(Cc2ccc(OC)cc2)c1O[C@H]1CC[C@H](c2ccc(N3CCCCC3)cc2)CC1. The topological polar surface area (TPSA) is 78.7 Å². The first kappa shape index (κ1) is 26.1. The highest BCUT2D eigenvalue weighted by atomic mass is 16.5. The average Bonchev–Trinajstić information content (AvgIpc) is 3.36. The number of carbonyl (C=O) groups is 1. The molecule has 2 heterocycles. The van der Waals surface area contributed by atoms with Gasteiger partial charge in [0.05, 0.1) is 20.3 Å². The number of ether oxygens (including phenoxy) is 3. The summed E-state index contributed by atoms with van der Waals surface area (Å²) in [4.78, 5) is 15.1. The third-order valence-corrected chi connectivity index (χ3v) is 7.69. The number of aromatic nitrogens is 3. The normalized spacial score (nSPS) is 19.7. The summed E-state index contributed by atoms with van der Waals surface area (Å²) in [5, 5.41) is 8.36. The van der Waals surface area contributed by atoms with Gasteiger partial charge in [0.1, 0.15) is 11.9 Å². The maximum Gasteiger partial charge on any atom is 0.364 e. The summed E-state index contributed by atoms with van der Waals surface area (Å²) in [6, 6.07) is 16.9. The minimum atomic E-state index is -0.508. The molecule has 3 aromatic rings. The lowest BCUT2D eigenvalue weighted by Crippen LogP contribution is -2.29. The molecule has 38 heavy (non-hydrogen) atoms. The van der Waals surface area contributed by atoms with E-state index in [0.29, 0.717) is 18.3 Å². The van der Waals surface area contributed by atoms with Gasteiger partial charge in [0.15, 0.2) is 0 Å². The highest BCUT2D eigenvalue weighted by Crippen LogP contribution is 2.36. The Bertz CT molecular complexity index is 1180. The van der Waals surface area contributed by atoms with Crippen LogP contribution in [0.2, 0.25) is 0 Å². The summed E-state index contributed by atoms with van der Waals surface area (Å²) in [5.74, 6) is 1.19. The van der Waals surface area contributed by atoms with Gasteiger partial charge in [0, 0.05) is 18.8 Å². The van der Waals surface area contributed by atoms with Crippen molar-refractivity contribution in [2.24, 2.45) is 0 Å². The van der Waals surface area contributed by atoms with E-state index in [1.807, 2.05) is 24.3 Å². The Hall–Kier alpha value is -3.55. The maximum atomic E-state index is 12.6. The van der Waals surface area contributed by atoms with E-state index < -0.39 is 5.97 Å². The molecule has 0 radical (unpaired) electrons. The molecule has 0 atom stereocenters. The van der Waals surface area contributed by atoms with Crippen LogP contribution in [0.15, 0.2) is 48.5 Å². The number of hydrogen-bond donors (Lipinski definition) is 0. The lowest BCUT2D eigenvalue weighted by Gasteiger charge is -2.31. The number of carbonyl (C=O) groups excluding carboxylic acids is 1. The molecule has 1 saturated heterocycles. The number of nitrogens with zero attached hydrogens (tertiary/aromatic N) is 4. The summed E-state index contributed by atoms with van der Waals surface area (Å²) in [5.41, 5.74) is 3.89. The van der Waals surface area contributed by atoms with E-state index in [1.165, 1.54) is 43.6 Å². The van der Waals surface area contributed by atoms with Gasteiger partial charge in [-0.05, 0) is 93.2 Å². The predicted molar refractivity (Wildman–Crippen MR) is 146 cm³/mol. The van der Waals surface area contributed by atoms with Crippen molar-refractivity contribution in [1.82, 2.24) is 15.0 Å². The Morgan fingerprint density at radius 3 is 2.32 bits per heavy atom. The van der Waals surface area contributed by atoms with Crippen molar-refractivity contribution in [1.29, 1.82) is 0 Å². The Balaban J connectivity index is 1.24. The van der Waals surface area contributed by atoms with Crippen molar-refractivity contribution in [3.63, 3.8) is 0 Å². The average molecular weight is 519 g/mol. The second kappa shape index (κ2) is 12.3. The van der Waals surface area contributed by atoms with Crippen LogP contribution >= 0.6 is 0 Å². The first-order valence-electron chi connectivity index (χ1n) is 13.9. The summed E-state index contributed by atoms with van der Waals surface area (Å²) in [6.45, 7) is 4.81. The monoisotopic (exact) mass is 518 g/mol. The molecule has 2 fully saturated rings. The second-order valence-electron chi connectivity index (χ2n) is 10.2. The van der Waals surface area contributed by atoms with Crippen LogP contribution in [0.1, 0.15) is 79.4 Å². The summed E-state index contributed by atoms with van der Waals surface area (Å²) < 4.78 is 18.6. The fraction of sp³-hybridized carbons (Fsp3) is 0.500. The lowest BCUT2D eigenvalue weighted by molar-refractivity contribution is 0.0507. The van der Waals surface area contributed by atoms with Gasteiger partial charge >= 0.3 is 5.97 Å². The van der Waals surface area contributed by atoms with E-state index in [9.17, 15) is 4.79 Å². The molecule has 0 spiro atoms. The van der Waals surface area contributed by atoms with Gasteiger partial charge in [-0.3, -0.25) is 0 Å². The van der Waals surface area contributed by atoms with Crippen molar-refractivity contribution < 1.29 is 19.0 Å². The predicted octanol–water partition coefficient (Wildman–Crippen LogP) is 5.61. The van der Waals surface area contributed by atoms with Gasteiger partial charge in [-0.15, -0.1) is 5.10 Å². The van der Waals surface area contributed by atoms with Crippen LogP contribution in [0.3, 0.4) is 0 Å². The zero-order valence-corrected chi connectivity index (χ0v) is 22.5. The second-order valence-corrected chi connectivity index (χ2v) is 10.2. The molecule has 5 rings (SSSR count). The Kier molecular flexibility index (Phi) is 8.46. The molecule has 202 valence electrons. The first-order chi connectivity index (χ1) is 18.6. The minimum Gasteiger partial charge on any atom is -0.497 e. The number of benzene rings is 2. The quantitative estimate of drug-likeness (QED) is 0.341. The van der Waals surface area contributed by atoms with Crippen molar-refractivity contribution in [2.45, 2.75) is 70.4 Å². The number of anilines is 1. The molecular formula is C30H38N4O4. The molecule has 2 aromatic carbocycles. The molecule has 0 unspecified atom stereocenters. The maximum absolute atomic E-state index is 12.6. The van der Waals surface area contributed by atoms with Crippen LogP contribution in [0.25, 0.3) is 0 Å². The van der Waals surface area contributed by atoms with Crippen LogP contribution in [-0.4, -0.2) is 53.9 Å². The summed E-state index contributed by atoms with van der Waals surface area (Å²) in [7, 11) is 1.64.